The molecule has 23 heavy (non-hydrogen) atoms. The normalized spacial score (nSPS) is 16.7. The molecule has 120 valence electrons. The van der Waals surface area contributed by atoms with Crippen molar-refractivity contribution in [2.45, 2.75) is 32.2 Å². The molecule has 0 unspecified atom stereocenters. The maximum absolute atomic E-state index is 12.3. The Morgan fingerprint density at radius 2 is 1.74 bits per heavy atom. The van der Waals surface area contributed by atoms with Crippen molar-refractivity contribution in [3.8, 4) is 0 Å². The average Bonchev–Trinajstić information content (AvgIpc) is 2.63. The molecule has 0 radical (unpaired) electrons. The standard InChI is InChI=1S/C20H24N2O/c1-16(22-13-6-3-7-14-22)18-11-8-12-19(15-18)21-20(23)17-9-4-2-5-10-17/h2,4-5,8-12,15-16H,3,6-7,13-14H2,1H3,(H,21,23)/t16-/m0/s1. The molecule has 2 aromatic carbocycles. The highest BCUT2D eigenvalue weighted by atomic mass is 16.1. The van der Waals surface area contributed by atoms with Crippen LogP contribution in [0.25, 0.3) is 0 Å². The lowest BCUT2D eigenvalue weighted by Gasteiger charge is -2.32. The fraction of sp³-hybridized carbons (Fsp3) is 0.350. The van der Waals surface area contributed by atoms with E-state index in [0.29, 0.717) is 11.6 Å². The zero-order valence-electron chi connectivity index (χ0n) is 13.7. The largest absolute Gasteiger partial charge is 0.322 e. The first kappa shape index (κ1) is 15.8. The van der Waals surface area contributed by atoms with Gasteiger partial charge in [-0.05, 0) is 62.7 Å². The Kier molecular flexibility index (Phi) is 5.09. The summed E-state index contributed by atoms with van der Waals surface area (Å²) in [5.41, 5.74) is 2.81. The van der Waals surface area contributed by atoms with Crippen LogP contribution < -0.4 is 5.32 Å². The highest BCUT2D eigenvalue weighted by molar-refractivity contribution is 6.04. The number of rotatable bonds is 4. The van der Waals surface area contributed by atoms with Crippen LogP contribution in [0.4, 0.5) is 5.69 Å². The van der Waals surface area contributed by atoms with E-state index in [1.54, 1.807) is 0 Å². The first-order valence-corrected chi connectivity index (χ1v) is 8.44. The SMILES string of the molecule is C[C@@H](c1cccc(NC(=O)c2ccccc2)c1)N1CCCCC1. The van der Waals surface area contributed by atoms with Crippen molar-refractivity contribution < 1.29 is 4.79 Å². The van der Waals surface area contributed by atoms with E-state index in [2.05, 4.69) is 29.3 Å². The number of hydrogen-bond acceptors (Lipinski definition) is 2. The molecule has 1 saturated heterocycles. The maximum atomic E-state index is 12.3. The molecule has 1 atom stereocenters. The number of carbonyl (C=O) groups is 1. The molecule has 0 spiro atoms. The third kappa shape index (κ3) is 3.99. The first-order chi connectivity index (χ1) is 11.2. The third-order valence-corrected chi connectivity index (χ3v) is 4.60. The molecular formula is C20H24N2O. The molecule has 3 heteroatoms. The minimum atomic E-state index is -0.0617. The summed E-state index contributed by atoms with van der Waals surface area (Å²) in [5.74, 6) is -0.0617. The number of carbonyl (C=O) groups excluding carboxylic acids is 1. The number of likely N-dealkylation sites (tertiary alicyclic amines) is 1. The lowest BCUT2D eigenvalue weighted by atomic mass is 10.0. The number of nitrogens with one attached hydrogen (secondary N) is 1. The number of benzene rings is 2. The minimum Gasteiger partial charge on any atom is -0.322 e. The second kappa shape index (κ2) is 7.42. The van der Waals surface area contributed by atoms with Gasteiger partial charge in [0.05, 0.1) is 0 Å². The number of nitrogens with zero attached hydrogens (tertiary/aromatic N) is 1. The summed E-state index contributed by atoms with van der Waals surface area (Å²) in [6, 6.07) is 17.9. The van der Waals surface area contributed by atoms with E-state index in [1.165, 1.54) is 37.9 Å². The number of piperidine rings is 1. The molecule has 0 saturated carbocycles. The average molecular weight is 308 g/mol. The molecule has 1 N–H and O–H groups in total. The van der Waals surface area contributed by atoms with Crippen LogP contribution in [0.5, 0.6) is 0 Å². The summed E-state index contributed by atoms with van der Waals surface area (Å²) >= 11 is 0. The van der Waals surface area contributed by atoms with Crippen molar-refractivity contribution in [1.82, 2.24) is 4.90 Å². The Labute approximate surface area is 138 Å². The van der Waals surface area contributed by atoms with Crippen LogP contribution in [0.3, 0.4) is 0 Å². The fourth-order valence-electron chi connectivity index (χ4n) is 3.19. The quantitative estimate of drug-likeness (QED) is 0.903. The van der Waals surface area contributed by atoms with Gasteiger partial charge in [-0.15, -0.1) is 0 Å². The molecule has 1 fully saturated rings. The van der Waals surface area contributed by atoms with Gasteiger partial charge in [-0.1, -0.05) is 36.8 Å². The Morgan fingerprint density at radius 3 is 2.48 bits per heavy atom. The van der Waals surface area contributed by atoms with Crippen molar-refractivity contribution in [3.63, 3.8) is 0 Å². The summed E-state index contributed by atoms with van der Waals surface area (Å²) in [4.78, 5) is 14.8. The Bertz CT molecular complexity index is 648. The minimum absolute atomic E-state index is 0.0617. The summed E-state index contributed by atoms with van der Waals surface area (Å²) in [7, 11) is 0. The highest BCUT2D eigenvalue weighted by Gasteiger charge is 2.18. The Morgan fingerprint density at radius 1 is 1.00 bits per heavy atom. The molecule has 0 aliphatic carbocycles. The van der Waals surface area contributed by atoms with Crippen molar-refractivity contribution in [2.24, 2.45) is 0 Å². The molecule has 2 aromatic rings. The van der Waals surface area contributed by atoms with Crippen LogP contribution in [0.1, 0.15) is 48.1 Å². The summed E-state index contributed by atoms with van der Waals surface area (Å²) in [6.45, 7) is 4.59. The lowest BCUT2D eigenvalue weighted by molar-refractivity contribution is 0.102. The Balaban J connectivity index is 1.71. The van der Waals surface area contributed by atoms with E-state index < -0.39 is 0 Å². The predicted molar refractivity (Wildman–Crippen MR) is 94.7 cm³/mol. The van der Waals surface area contributed by atoms with E-state index in [0.717, 1.165) is 5.69 Å². The topological polar surface area (TPSA) is 32.3 Å². The first-order valence-electron chi connectivity index (χ1n) is 8.44. The van der Waals surface area contributed by atoms with Crippen molar-refractivity contribution in [2.75, 3.05) is 18.4 Å². The van der Waals surface area contributed by atoms with E-state index in [4.69, 9.17) is 0 Å². The van der Waals surface area contributed by atoms with E-state index in [9.17, 15) is 4.79 Å². The van der Waals surface area contributed by atoms with Gasteiger partial charge in [-0.2, -0.15) is 0 Å². The van der Waals surface area contributed by atoms with E-state index in [-0.39, 0.29) is 5.91 Å². The lowest BCUT2D eigenvalue weighted by Crippen LogP contribution is -2.32. The molecule has 3 nitrogen and oxygen atoms in total. The van der Waals surface area contributed by atoms with Crippen LogP contribution >= 0.6 is 0 Å². The predicted octanol–water partition coefficient (Wildman–Crippen LogP) is 4.49. The zero-order valence-corrected chi connectivity index (χ0v) is 13.7. The monoisotopic (exact) mass is 308 g/mol. The van der Waals surface area contributed by atoms with Crippen LogP contribution in [-0.4, -0.2) is 23.9 Å². The fourth-order valence-corrected chi connectivity index (χ4v) is 3.19. The van der Waals surface area contributed by atoms with Gasteiger partial charge in [0.2, 0.25) is 0 Å². The van der Waals surface area contributed by atoms with Gasteiger partial charge in [-0.25, -0.2) is 0 Å². The van der Waals surface area contributed by atoms with Gasteiger partial charge < -0.3 is 5.32 Å². The van der Waals surface area contributed by atoms with Crippen molar-refractivity contribution in [3.05, 3.63) is 65.7 Å². The van der Waals surface area contributed by atoms with Gasteiger partial charge in [0.15, 0.2) is 0 Å². The zero-order chi connectivity index (χ0) is 16.1. The van der Waals surface area contributed by atoms with Gasteiger partial charge >= 0.3 is 0 Å². The van der Waals surface area contributed by atoms with Crippen molar-refractivity contribution >= 4 is 11.6 Å². The Hall–Kier alpha value is -2.13. The van der Waals surface area contributed by atoms with Gasteiger partial charge in [0.1, 0.15) is 0 Å². The number of anilines is 1. The molecule has 1 heterocycles. The van der Waals surface area contributed by atoms with Gasteiger partial charge in [0, 0.05) is 17.3 Å². The molecule has 1 aliphatic heterocycles. The summed E-state index contributed by atoms with van der Waals surface area (Å²) < 4.78 is 0. The molecule has 0 bridgehead atoms. The molecular weight excluding hydrogens is 284 g/mol. The van der Waals surface area contributed by atoms with Gasteiger partial charge in [0.25, 0.3) is 5.91 Å². The number of amides is 1. The number of hydrogen-bond donors (Lipinski definition) is 1. The second-order valence-corrected chi connectivity index (χ2v) is 6.22. The van der Waals surface area contributed by atoms with Crippen LogP contribution in [-0.2, 0) is 0 Å². The van der Waals surface area contributed by atoms with Crippen molar-refractivity contribution in [1.29, 1.82) is 0 Å². The molecule has 3 rings (SSSR count). The summed E-state index contributed by atoms with van der Waals surface area (Å²) in [6.07, 6.45) is 3.92. The van der Waals surface area contributed by atoms with Crippen LogP contribution in [0.2, 0.25) is 0 Å². The maximum Gasteiger partial charge on any atom is 0.255 e. The second-order valence-electron chi connectivity index (χ2n) is 6.22. The summed E-state index contributed by atoms with van der Waals surface area (Å²) in [5, 5.41) is 3.00. The smallest absolute Gasteiger partial charge is 0.255 e. The molecule has 0 aromatic heterocycles. The molecule has 1 aliphatic rings. The molecule has 1 amide bonds. The van der Waals surface area contributed by atoms with E-state index >= 15 is 0 Å². The third-order valence-electron chi connectivity index (χ3n) is 4.60. The van der Waals surface area contributed by atoms with Crippen LogP contribution in [0.15, 0.2) is 54.6 Å². The van der Waals surface area contributed by atoms with Crippen LogP contribution in [0, 0.1) is 0 Å². The van der Waals surface area contributed by atoms with E-state index in [1.807, 2.05) is 42.5 Å². The highest BCUT2D eigenvalue weighted by Crippen LogP contribution is 2.26. The van der Waals surface area contributed by atoms with Gasteiger partial charge in [-0.3, -0.25) is 9.69 Å².